The lowest BCUT2D eigenvalue weighted by Gasteiger charge is -2.44. The topological polar surface area (TPSA) is 176 Å². The van der Waals surface area contributed by atoms with Gasteiger partial charge in [0.1, 0.15) is 18.3 Å². The van der Waals surface area contributed by atoms with E-state index in [4.69, 9.17) is 23.7 Å². The second-order valence-corrected chi connectivity index (χ2v) is 8.19. The molecule has 1 saturated heterocycles. The fraction of sp³-hybridized carbons (Fsp3) is 0.571. The Hall–Kier alpha value is -3.46. The average Bonchev–Trinajstić information content (AvgIpc) is 2.79. The molecule has 1 aromatic heterocycles. The Labute approximate surface area is 209 Å². The predicted molar refractivity (Wildman–Crippen MR) is 119 cm³/mol. The molecule has 2 heterocycles. The molecule has 0 amide bonds. The van der Waals surface area contributed by atoms with E-state index in [-0.39, 0.29) is 5.16 Å². The summed E-state index contributed by atoms with van der Waals surface area (Å²) in [6.07, 6.45) is -4.71. The summed E-state index contributed by atoms with van der Waals surface area (Å²) < 4.78 is 32.6. The van der Waals surface area contributed by atoms with Crippen LogP contribution in [0.3, 0.4) is 0 Å². The number of aromatic nitrogens is 2. The fourth-order valence-electron chi connectivity index (χ4n) is 3.49. The van der Waals surface area contributed by atoms with Gasteiger partial charge in [0.25, 0.3) is 5.56 Å². The number of esters is 5. The molecule has 0 unspecified atom stereocenters. The van der Waals surface area contributed by atoms with Crippen LogP contribution >= 0.6 is 11.8 Å². The highest BCUT2D eigenvalue weighted by atomic mass is 32.2. The van der Waals surface area contributed by atoms with Gasteiger partial charge in [-0.05, 0) is 6.26 Å². The maximum Gasteiger partial charge on any atom is 0.345 e. The molecule has 1 fully saturated rings. The zero-order valence-electron chi connectivity index (χ0n) is 20.4. The summed E-state index contributed by atoms with van der Waals surface area (Å²) in [5.74, 6) is -4.16. The van der Waals surface area contributed by atoms with Crippen LogP contribution in [-0.2, 0) is 47.6 Å². The number of ether oxygens (including phenoxy) is 6. The van der Waals surface area contributed by atoms with E-state index in [2.05, 4.69) is 9.72 Å². The van der Waals surface area contributed by atoms with E-state index in [0.717, 1.165) is 57.3 Å². The predicted octanol–water partition coefficient (Wildman–Crippen LogP) is 0.00740. The van der Waals surface area contributed by atoms with E-state index in [1.807, 2.05) is 0 Å². The summed E-state index contributed by atoms with van der Waals surface area (Å²) in [5.41, 5.74) is -1.37. The molecule has 15 heteroatoms. The van der Waals surface area contributed by atoms with Crippen molar-refractivity contribution in [1.29, 1.82) is 0 Å². The van der Waals surface area contributed by atoms with Crippen LogP contribution in [0, 0.1) is 0 Å². The molecule has 0 aliphatic carbocycles. The molecule has 0 aromatic carbocycles. The third-order valence-electron chi connectivity index (χ3n) is 4.77. The van der Waals surface area contributed by atoms with Gasteiger partial charge in [-0.2, -0.15) is 0 Å². The normalized spacial score (nSPS) is 23.2. The zero-order chi connectivity index (χ0) is 27.2. The Morgan fingerprint density at radius 3 is 2.00 bits per heavy atom. The quantitative estimate of drug-likeness (QED) is 0.190. The third-order valence-corrected chi connectivity index (χ3v) is 5.44. The lowest BCUT2D eigenvalue weighted by Crippen LogP contribution is -2.61. The van der Waals surface area contributed by atoms with Crippen LogP contribution < -0.4 is 5.56 Å². The van der Waals surface area contributed by atoms with Gasteiger partial charge in [-0.15, -0.1) is 0 Å². The van der Waals surface area contributed by atoms with E-state index in [1.54, 1.807) is 6.26 Å². The van der Waals surface area contributed by atoms with Crippen molar-refractivity contribution >= 4 is 41.6 Å². The van der Waals surface area contributed by atoms with E-state index in [1.165, 1.54) is 0 Å². The monoisotopic (exact) mass is 530 g/mol. The minimum absolute atomic E-state index is 0.0357. The molecule has 0 radical (unpaired) electrons. The van der Waals surface area contributed by atoms with Crippen molar-refractivity contribution in [3.63, 3.8) is 0 Å². The summed E-state index contributed by atoms with van der Waals surface area (Å²) in [6.45, 7) is 3.87. The van der Waals surface area contributed by atoms with Crippen molar-refractivity contribution < 1.29 is 52.4 Å². The van der Waals surface area contributed by atoms with E-state index in [0.29, 0.717) is 0 Å². The number of carbonyl (C=O) groups excluding carboxylic acids is 5. The van der Waals surface area contributed by atoms with Gasteiger partial charge in [-0.1, -0.05) is 11.8 Å². The maximum absolute atomic E-state index is 13.4. The van der Waals surface area contributed by atoms with Crippen LogP contribution in [0.25, 0.3) is 0 Å². The van der Waals surface area contributed by atoms with Crippen LogP contribution in [0.1, 0.15) is 44.3 Å². The van der Waals surface area contributed by atoms with Crippen molar-refractivity contribution in [2.24, 2.45) is 0 Å². The molecular formula is C21H26N2O12S. The number of hydrogen-bond donors (Lipinski definition) is 0. The maximum atomic E-state index is 13.4. The van der Waals surface area contributed by atoms with Gasteiger partial charge >= 0.3 is 29.8 Å². The Bertz CT molecular complexity index is 1090. The minimum atomic E-state index is -1.56. The lowest BCUT2D eigenvalue weighted by molar-refractivity contribution is -0.270. The Morgan fingerprint density at radius 1 is 0.944 bits per heavy atom. The summed E-state index contributed by atoms with van der Waals surface area (Å²) in [4.78, 5) is 77.0. The second-order valence-electron chi connectivity index (χ2n) is 7.42. The first-order chi connectivity index (χ1) is 16.9. The number of hydrogen-bond acceptors (Lipinski definition) is 14. The molecule has 5 atom stereocenters. The fourth-order valence-corrected chi connectivity index (χ4v) is 4.03. The van der Waals surface area contributed by atoms with Crippen LogP contribution in [0.2, 0.25) is 0 Å². The van der Waals surface area contributed by atoms with Gasteiger partial charge in [-0.25, -0.2) is 9.78 Å². The molecule has 198 valence electrons. The van der Waals surface area contributed by atoms with E-state index in [9.17, 15) is 28.8 Å². The molecule has 1 aliphatic rings. The van der Waals surface area contributed by atoms with Crippen molar-refractivity contribution in [1.82, 2.24) is 9.55 Å². The average molecular weight is 531 g/mol. The molecule has 0 saturated carbocycles. The van der Waals surface area contributed by atoms with Crippen LogP contribution in [0.4, 0.5) is 0 Å². The molecule has 36 heavy (non-hydrogen) atoms. The number of nitrogens with zero attached hydrogens (tertiary/aromatic N) is 2. The van der Waals surface area contributed by atoms with Crippen molar-refractivity contribution in [2.45, 2.75) is 63.5 Å². The third kappa shape index (κ3) is 6.81. The van der Waals surface area contributed by atoms with Crippen molar-refractivity contribution in [2.75, 3.05) is 20.0 Å². The van der Waals surface area contributed by atoms with Gasteiger partial charge in [0, 0.05) is 27.7 Å². The molecule has 14 nitrogen and oxygen atoms in total. The smallest absolute Gasteiger partial charge is 0.345 e. The minimum Gasteiger partial charge on any atom is -0.465 e. The van der Waals surface area contributed by atoms with Crippen molar-refractivity contribution in [3.8, 4) is 0 Å². The second kappa shape index (κ2) is 12.5. The zero-order valence-corrected chi connectivity index (χ0v) is 21.2. The highest BCUT2D eigenvalue weighted by Crippen LogP contribution is 2.35. The van der Waals surface area contributed by atoms with Gasteiger partial charge in [0.15, 0.2) is 29.7 Å². The van der Waals surface area contributed by atoms with Crippen LogP contribution in [-0.4, -0.2) is 83.8 Å². The van der Waals surface area contributed by atoms with Gasteiger partial charge in [0.2, 0.25) is 0 Å². The molecule has 0 N–H and O–H groups in total. The Morgan fingerprint density at radius 2 is 1.50 bits per heavy atom. The summed E-state index contributed by atoms with van der Waals surface area (Å²) in [6, 6.07) is 0. The highest BCUT2D eigenvalue weighted by molar-refractivity contribution is 7.98. The first-order valence-corrected chi connectivity index (χ1v) is 11.7. The highest BCUT2D eigenvalue weighted by Gasteiger charge is 2.53. The van der Waals surface area contributed by atoms with Gasteiger partial charge in [0.05, 0.1) is 13.3 Å². The summed E-state index contributed by atoms with van der Waals surface area (Å²) >= 11 is 0.999. The Kier molecular flexibility index (Phi) is 9.98. The van der Waals surface area contributed by atoms with Crippen LogP contribution in [0.5, 0.6) is 0 Å². The summed E-state index contributed by atoms with van der Waals surface area (Å²) in [5, 5.41) is 0.0357. The van der Waals surface area contributed by atoms with E-state index >= 15 is 0 Å². The SMILES string of the molecule is COC(=O)c1cnc(SC)n([C@@H]2O[C@H](COC(C)=O)[C@@H](OC(C)=O)[C@H](OC(C)=O)[C@H]2OC(C)=O)c1=O. The number of thioether (sulfide) groups is 1. The van der Waals surface area contributed by atoms with Gasteiger partial charge < -0.3 is 28.4 Å². The molecule has 0 spiro atoms. The molecule has 2 rings (SSSR count). The van der Waals surface area contributed by atoms with Crippen LogP contribution in [0.15, 0.2) is 16.1 Å². The Balaban J connectivity index is 2.79. The van der Waals surface area contributed by atoms with Crippen molar-refractivity contribution in [3.05, 3.63) is 22.1 Å². The number of methoxy groups -OCH3 is 1. The molecular weight excluding hydrogens is 504 g/mol. The number of carbonyl (C=O) groups is 5. The first-order valence-electron chi connectivity index (χ1n) is 10.5. The largest absolute Gasteiger partial charge is 0.465 e. The van der Waals surface area contributed by atoms with Gasteiger partial charge in [-0.3, -0.25) is 28.5 Å². The van der Waals surface area contributed by atoms with E-state index < -0.39 is 78.2 Å². The molecule has 0 bridgehead atoms. The molecule has 1 aromatic rings. The standard InChI is InChI=1S/C21H26N2O12S/c1-9(24)31-8-14-15(32-10(2)25)16(33-11(3)26)17(34-12(4)27)19(35-14)23-18(28)13(20(29)30-5)7-22-21(23)36-6/h7,14-17,19H,8H2,1-6H3/t14-,15-,16+,17-,19-/m1/s1. The number of rotatable bonds is 8. The lowest BCUT2D eigenvalue weighted by atomic mass is 9.97. The first kappa shape index (κ1) is 28.8. The molecule has 1 aliphatic heterocycles. The summed E-state index contributed by atoms with van der Waals surface area (Å²) in [7, 11) is 1.07.